The molecule has 0 radical (unpaired) electrons. The van der Waals surface area contributed by atoms with E-state index in [-0.39, 0.29) is 24.2 Å². The molecule has 0 spiro atoms. The van der Waals surface area contributed by atoms with Gasteiger partial charge in [0.15, 0.2) is 0 Å². The number of aryl methyl sites for hydroxylation is 1. The SMILES string of the molecule is CCOC(=O)N1CCC(N2C(=O)c3ccccc3[C@H]2Nc2ccc(C)cc2Cl)CC1. The first-order valence-electron chi connectivity index (χ1n) is 10.4. The van der Waals surface area contributed by atoms with Crippen LogP contribution in [-0.4, -0.2) is 47.5 Å². The van der Waals surface area contributed by atoms with Crippen LogP contribution < -0.4 is 5.32 Å². The van der Waals surface area contributed by atoms with Crippen LogP contribution in [0, 0.1) is 6.92 Å². The van der Waals surface area contributed by atoms with E-state index in [1.807, 2.05) is 54.3 Å². The van der Waals surface area contributed by atoms with Gasteiger partial charge in [-0.15, -0.1) is 0 Å². The molecule has 30 heavy (non-hydrogen) atoms. The Kier molecular flexibility index (Phi) is 5.86. The Labute approximate surface area is 181 Å². The molecule has 2 aliphatic heterocycles. The van der Waals surface area contributed by atoms with Crippen LogP contribution in [0.2, 0.25) is 5.02 Å². The number of piperidine rings is 1. The summed E-state index contributed by atoms with van der Waals surface area (Å²) in [6, 6.07) is 13.6. The quantitative estimate of drug-likeness (QED) is 0.758. The summed E-state index contributed by atoms with van der Waals surface area (Å²) in [6.07, 6.45) is 0.831. The van der Waals surface area contributed by atoms with Gasteiger partial charge < -0.3 is 19.9 Å². The van der Waals surface area contributed by atoms with E-state index in [9.17, 15) is 9.59 Å². The van der Waals surface area contributed by atoms with E-state index >= 15 is 0 Å². The standard InChI is InChI=1S/C23H26ClN3O3/c1-3-30-23(29)26-12-10-16(11-13-26)27-21(17-6-4-5-7-18(17)22(27)28)25-20-9-8-15(2)14-19(20)24/h4-9,14,16,21,25H,3,10-13H2,1-2H3/t21-/m0/s1. The van der Waals surface area contributed by atoms with E-state index in [0.717, 1.165) is 16.8 Å². The van der Waals surface area contributed by atoms with Crippen LogP contribution in [0.15, 0.2) is 42.5 Å². The molecule has 4 rings (SSSR count). The van der Waals surface area contributed by atoms with Crippen LogP contribution in [0.3, 0.4) is 0 Å². The van der Waals surface area contributed by atoms with Crippen molar-refractivity contribution in [1.82, 2.24) is 9.80 Å². The number of nitrogens with one attached hydrogen (secondary N) is 1. The van der Waals surface area contributed by atoms with E-state index in [2.05, 4.69) is 5.32 Å². The van der Waals surface area contributed by atoms with Crippen LogP contribution in [0.4, 0.5) is 10.5 Å². The van der Waals surface area contributed by atoms with E-state index in [4.69, 9.17) is 16.3 Å². The van der Waals surface area contributed by atoms with E-state index in [0.29, 0.717) is 43.1 Å². The molecule has 1 atom stereocenters. The predicted octanol–water partition coefficient (Wildman–Crippen LogP) is 4.84. The molecule has 2 aliphatic rings. The summed E-state index contributed by atoms with van der Waals surface area (Å²) in [5, 5.41) is 4.12. The van der Waals surface area contributed by atoms with Gasteiger partial charge in [0, 0.05) is 30.3 Å². The van der Waals surface area contributed by atoms with Gasteiger partial charge in [0.05, 0.1) is 17.3 Å². The normalized spacial score (nSPS) is 19.0. The van der Waals surface area contributed by atoms with E-state index in [1.54, 1.807) is 11.8 Å². The van der Waals surface area contributed by atoms with Gasteiger partial charge in [0.2, 0.25) is 0 Å². The molecule has 1 N–H and O–H groups in total. The van der Waals surface area contributed by atoms with Gasteiger partial charge in [-0.2, -0.15) is 0 Å². The van der Waals surface area contributed by atoms with Gasteiger partial charge in [-0.3, -0.25) is 4.79 Å². The monoisotopic (exact) mass is 427 g/mol. The molecule has 2 aromatic rings. The highest BCUT2D eigenvalue weighted by molar-refractivity contribution is 6.33. The number of benzene rings is 2. The highest BCUT2D eigenvalue weighted by Gasteiger charge is 2.42. The van der Waals surface area contributed by atoms with Gasteiger partial charge in [-0.05, 0) is 50.5 Å². The lowest BCUT2D eigenvalue weighted by atomic mass is 10.0. The Bertz CT molecular complexity index is 956. The number of carbonyl (C=O) groups is 2. The molecule has 0 bridgehead atoms. The Hall–Kier alpha value is -2.73. The number of likely N-dealkylation sites (tertiary alicyclic amines) is 1. The number of rotatable bonds is 4. The Balaban J connectivity index is 1.58. The lowest BCUT2D eigenvalue weighted by Crippen LogP contribution is -2.49. The van der Waals surface area contributed by atoms with Crippen molar-refractivity contribution in [2.24, 2.45) is 0 Å². The fraction of sp³-hybridized carbons (Fsp3) is 0.391. The molecule has 0 saturated carbocycles. The molecule has 1 saturated heterocycles. The second-order valence-electron chi connectivity index (χ2n) is 7.75. The van der Waals surface area contributed by atoms with Gasteiger partial charge in [-0.25, -0.2) is 4.79 Å². The maximum atomic E-state index is 13.3. The maximum Gasteiger partial charge on any atom is 0.409 e. The summed E-state index contributed by atoms with van der Waals surface area (Å²) in [5.74, 6) is 0.0147. The number of hydrogen-bond acceptors (Lipinski definition) is 4. The first-order valence-corrected chi connectivity index (χ1v) is 10.7. The molecule has 0 unspecified atom stereocenters. The molecule has 0 aromatic heterocycles. The third-order valence-electron chi connectivity index (χ3n) is 5.80. The van der Waals surface area contributed by atoms with Crippen molar-refractivity contribution in [3.05, 3.63) is 64.2 Å². The number of halogens is 1. The Morgan fingerprint density at radius 3 is 2.63 bits per heavy atom. The third kappa shape index (κ3) is 3.84. The largest absolute Gasteiger partial charge is 0.450 e. The fourth-order valence-corrected chi connectivity index (χ4v) is 4.58. The van der Waals surface area contributed by atoms with Gasteiger partial charge >= 0.3 is 6.09 Å². The highest BCUT2D eigenvalue weighted by atomic mass is 35.5. The Morgan fingerprint density at radius 1 is 1.20 bits per heavy atom. The topological polar surface area (TPSA) is 61.9 Å². The van der Waals surface area contributed by atoms with Crippen LogP contribution in [-0.2, 0) is 4.74 Å². The molecule has 2 amide bonds. The Morgan fingerprint density at radius 2 is 1.93 bits per heavy atom. The summed E-state index contributed by atoms with van der Waals surface area (Å²) in [7, 11) is 0. The first kappa shape index (κ1) is 20.5. The summed E-state index contributed by atoms with van der Waals surface area (Å²) >= 11 is 6.46. The number of fused-ring (bicyclic) bond motifs is 1. The third-order valence-corrected chi connectivity index (χ3v) is 6.11. The van der Waals surface area contributed by atoms with Crippen molar-refractivity contribution in [3.63, 3.8) is 0 Å². The van der Waals surface area contributed by atoms with Crippen molar-refractivity contribution in [1.29, 1.82) is 0 Å². The predicted molar refractivity (Wildman–Crippen MR) is 117 cm³/mol. The zero-order valence-corrected chi connectivity index (χ0v) is 18.0. The van der Waals surface area contributed by atoms with Crippen molar-refractivity contribution in [2.75, 3.05) is 25.0 Å². The van der Waals surface area contributed by atoms with Crippen LogP contribution >= 0.6 is 11.6 Å². The molecule has 7 heteroatoms. The van der Waals surface area contributed by atoms with Crippen molar-refractivity contribution >= 4 is 29.3 Å². The smallest absolute Gasteiger partial charge is 0.409 e. The van der Waals surface area contributed by atoms with Gasteiger partial charge in [0.1, 0.15) is 6.17 Å². The molecular weight excluding hydrogens is 402 g/mol. The molecule has 1 fully saturated rings. The van der Waals surface area contributed by atoms with E-state index in [1.165, 1.54) is 0 Å². The summed E-state index contributed by atoms with van der Waals surface area (Å²) in [5.41, 5.74) is 3.54. The average Bonchev–Trinajstić information content (AvgIpc) is 3.02. The maximum absolute atomic E-state index is 13.3. The second-order valence-corrected chi connectivity index (χ2v) is 8.15. The minimum absolute atomic E-state index is 0.0147. The number of ether oxygens (including phenoxy) is 1. The molecule has 0 aliphatic carbocycles. The average molecular weight is 428 g/mol. The van der Waals surface area contributed by atoms with E-state index < -0.39 is 0 Å². The zero-order valence-electron chi connectivity index (χ0n) is 17.2. The minimum Gasteiger partial charge on any atom is -0.450 e. The lowest BCUT2D eigenvalue weighted by molar-refractivity contribution is 0.0496. The number of anilines is 1. The second kappa shape index (κ2) is 8.56. The summed E-state index contributed by atoms with van der Waals surface area (Å²) in [4.78, 5) is 29.0. The number of nitrogens with zero attached hydrogens (tertiary/aromatic N) is 2. The molecule has 158 valence electrons. The van der Waals surface area contributed by atoms with Crippen LogP contribution in [0.5, 0.6) is 0 Å². The summed E-state index contributed by atoms with van der Waals surface area (Å²) in [6.45, 7) is 5.30. The van der Waals surface area contributed by atoms with Crippen LogP contribution in [0.25, 0.3) is 0 Å². The molecule has 6 nitrogen and oxygen atoms in total. The number of hydrogen-bond donors (Lipinski definition) is 1. The molecule has 2 heterocycles. The van der Waals surface area contributed by atoms with Gasteiger partial charge in [-0.1, -0.05) is 35.9 Å². The van der Waals surface area contributed by atoms with Crippen molar-refractivity contribution in [2.45, 2.75) is 38.9 Å². The molecule has 2 aromatic carbocycles. The number of amides is 2. The fourth-order valence-electron chi connectivity index (χ4n) is 4.29. The highest BCUT2D eigenvalue weighted by Crippen LogP contribution is 2.39. The summed E-state index contributed by atoms with van der Waals surface area (Å²) < 4.78 is 5.12. The van der Waals surface area contributed by atoms with Crippen molar-refractivity contribution < 1.29 is 14.3 Å². The lowest BCUT2D eigenvalue weighted by Gasteiger charge is -2.39. The van der Waals surface area contributed by atoms with Crippen LogP contribution in [0.1, 0.15) is 47.4 Å². The minimum atomic E-state index is -0.298. The first-order chi connectivity index (χ1) is 14.5. The zero-order chi connectivity index (χ0) is 21.3. The van der Waals surface area contributed by atoms with Crippen molar-refractivity contribution in [3.8, 4) is 0 Å². The molecular formula is C23H26ClN3O3. The van der Waals surface area contributed by atoms with Gasteiger partial charge in [0.25, 0.3) is 5.91 Å². The number of carbonyl (C=O) groups excluding carboxylic acids is 2.